The summed E-state index contributed by atoms with van der Waals surface area (Å²) in [5, 5.41) is 2.41. The zero-order chi connectivity index (χ0) is 20.2. The van der Waals surface area contributed by atoms with E-state index < -0.39 is 29.2 Å². The smallest absolute Gasteiger partial charge is 0.309 e. The molecule has 1 N–H and O–H groups in total. The van der Waals surface area contributed by atoms with Crippen LogP contribution in [0.2, 0.25) is 0 Å². The van der Waals surface area contributed by atoms with Gasteiger partial charge in [-0.25, -0.2) is 4.39 Å². The number of hydrogen-bond donors (Lipinski definition) is 1. The van der Waals surface area contributed by atoms with Gasteiger partial charge in [0.05, 0.1) is 11.6 Å². The van der Waals surface area contributed by atoms with Gasteiger partial charge in [0.2, 0.25) is 5.91 Å². The number of para-hydroxylation sites is 1. The van der Waals surface area contributed by atoms with Gasteiger partial charge in [-0.2, -0.15) is 0 Å². The Morgan fingerprint density at radius 3 is 2.33 bits per heavy atom. The molecule has 1 saturated heterocycles. The zero-order valence-electron chi connectivity index (χ0n) is 16.3. The van der Waals surface area contributed by atoms with Gasteiger partial charge in [0.1, 0.15) is 5.82 Å². The second-order valence-corrected chi connectivity index (χ2v) is 7.86. The van der Waals surface area contributed by atoms with Crippen LogP contribution in [-0.2, 0) is 19.1 Å². The number of esters is 1. The summed E-state index contributed by atoms with van der Waals surface area (Å²) in [6.07, 6.45) is -0.0312. The number of amides is 2. The maximum absolute atomic E-state index is 13.6. The highest BCUT2D eigenvalue weighted by Crippen LogP contribution is 2.24. The van der Waals surface area contributed by atoms with Crippen molar-refractivity contribution in [2.75, 3.05) is 18.4 Å². The molecule has 0 saturated carbocycles. The van der Waals surface area contributed by atoms with E-state index in [9.17, 15) is 18.8 Å². The molecule has 2 rings (SSSR count). The fourth-order valence-corrected chi connectivity index (χ4v) is 2.91. The van der Waals surface area contributed by atoms with Gasteiger partial charge in [0, 0.05) is 18.5 Å². The number of piperidine rings is 1. The molecule has 1 aromatic carbocycles. The van der Waals surface area contributed by atoms with Crippen molar-refractivity contribution in [3.8, 4) is 0 Å². The molecule has 1 unspecified atom stereocenters. The molecule has 2 amide bonds. The van der Waals surface area contributed by atoms with Crippen LogP contribution >= 0.6 is 0 Å². The number of rotatable bonds is 4. The minimum atomic E-state index is -1.04. The number of nitrogens with zero attached hydrogens (tertiary/aromatic N) is 1. The molecule has 1 aromatic rings. The number of likely N-dealkylation sites (tertiary alicyclic amines) is 1. The number of halogens is 1. The summed E-state index contributed by atoms with van der Waals surface area (Å²) in [7, 11) is 0. The molecule has 1 atom stereocenters. The summed E-state index contributed by atoms with van der Waals surface area (Å²) in [4.78, 5) is 38.5. The first-order chi connectivity index (χ1) is 12.6. The average Bonchev–Trinajstić information content (AvgIpc) is 2.62. The fourth-order valence-electron chi connectivity index (χ4n) is 2.91. The highest BCUT2D eigenvalue weighted by molar-refractivity contribution is 5.95. The Balaban J connectivity index is 1.84. The molecule has 6 nitrogen and oxygen atoms in total. The maximum atomic E-state index is 13.6. The minimum Gasteiger partial charge on any atom is -0.452 e. The van der Waals surface area contributed by atoms with Crippen molar-refractivity contribution in [2.45, 2.75) is 46.6 Å². The Morgan fingerprint density at radius 1 is 1.19 bits per heavy atom. The van der Waals surface area contributed by atoms with Crippen molar-refractivity contribution >= 4 is 23.5 Å². The van der Waals surface area contributed by atoms with Crippen molar-refractivity contribution in [3.05, 3.63) is 30.1 Å². The lowest BCUT2D eigenvalue weighted by molar-refractivity contribution is -0.160. The molecule has 0 radical (unpaired) electrons. The number of carbonyl (C=O) groups is 3. The molecule has 1 fully saturated rings. The predicted octanol–water partition coefficient (Wildman–Crippen LogP) is 2.98. The molecule has 1 aliphatic rings. The summed E-state index contributed by atoms with van der Waals surface area (Å²) < 4.78 is 18.8. The molecule has 0 spiro atoms. The van der Waals surface area contributed by atoms with Gasteiger partial charge in [-0.05, 0) is 31.9 Å². The molecule has 0 bridgehead atoms. The van der Waals surface area contributed by atoms with E-state index in [0.717, 1.165) is 0 Å². The third kappa shape index (κ3) is 5.52. The van der Waals surface area contributed by atoms with E-state index in [2.05, 4.69) is 5.32 Å². The maximum Gasteiger partial charge on any atom is 0.309 e. The van der Waals surface area contributed by atoms with Gasteiger partial charge >= 0.3 is 5.97 Å². The SMILES string of the molecule is CC(OC(=O)C1CCN(C(=O)C(C)(C)C)CC1)C(=O)Nc1ccccc1F. The van der Waals surface area contributed by atoms with Crippen LogP contribution in [0.1, 0.15) is 40.5 Å². The summed E-state index contributed by atoms with van der Waals surface area (Å²) in [5.41, 5.74) is -0.411. The van der Waals surface area contributed by atoms with Gasteiger partial charge in [-0.3, -0.25) is 14.4 Å². The lowest BCUT2D eigenvalue weighted by Gasteiger charge is -2.35. The third-order valence-corrected chi connectivity index (χ3v) is 4.55. The van der Waals surface area contributed by atoms with Crippen molar-refractivity contribution in [2.24, 2.45) is 11.3 Å². The van der Waals surface area contributed by atoms with Crippen LogP contribution in [0.5, 0.6) is 0 Å². The van der Waals surface area contributed by atoms with Crippen LogP contribution in [0.25, 0.3) is 0 Å². The normalized spacial score (nSPS) is 16.6. The number of anilines is 1. The van der Waals surface area contributed by atoms with E-state index in [1.165, 1.54) is 25.1 Å². The molecule has 0 aliphatic carbocycles. The predicted molar refractivity (Wildman–Crippen MR) is 99.3 cm³/mol. The van der Waals surface area contributed by atoms with Gasteiger partial charge in [0.25, 0.3) is 5.91 Å². The van der Waals surface area contributed by atoms with Gasteiger partial charge in [-0.1, -0.05) is 32.9 Å². The van der Waals surface area contributed by atoms with Crippen LogP contribution in [0, 0.1) is 17.2 Å². The first-order valence-electron chi connectivity index (χ1n) is 9.15. The molecule has 1 aliphatic heterocycles. The second kappa shape index (κ2) is 8.50. The monoisotopic (exact) mass is 378 g/mol. The molecule has 27 heavy (non-hydrogen) atoms. The van der Waals surface area contributed by atoms with Crippen molar-refractivity contribution < 1.29 is 23.5 Å². The zero-order valence-corrected chi connectivity index (χ0v) is 16.3. The average molecular weight is 378 g/mol. The van der Waals surface area contributed by atoms with Gasteiger partial charge in [-0.15, -0.1) is 0 Å². The number of carbonyl (C=O) groups excluding carboxylic acids is 3. The van der Waals surface area contributed by atoms with Gasteiger partial charge < -0.3 is 15.0 Å². The standard InChI is InChI=1S/C20H27FN2O4/c1-13(17(24)22-16-8-6-5-7-15(16)21)27-18(25)14-9-11-23(12-10-14)19(26)20(2,3)4/h5-8,13-14H,9-12H2,1-4H3,(H,22,24). The number of nitrogens with one attached hydrogen (secondary N) is 1. The van der Waals surface area contributed by atoms with Crippen LogP contribution in [0.15, 0.2) is 24.3 Å². The molecular weight excluding hydrogens is 351 g/mol. The van der Waals surface area contributed by atoms with Crippen molar-refractivity contribution in [1.82, 2.24) is 4.90 Å². The lowest BCUT2D eigenvalue weighted by atomic mass is 9.91. The molecule has 1 heterocycles. The fraction of sp³-hybridized carbons (Fsp3) is 0.550. The molecule has 148 valence electrons. The third-order valence-electron chi connectivity index (χ3n) is 4.55. The van der Waals surface area contributed by atoms with E-state index in [4.69, 9.17) is 4.74 Å². The Morgan fingerprint density at radius 2 is 1.78 bits per heavy atom. The van der Waals surface area contributed by atoms with Crippen LogP contribution in [0.4, 0.5) is 10.1 Å². The second-order valence-electron chi connectivity index (χ2n) is 7.86. The topological polar surface area (TPSA) is 75.7 Å². The highest BCUT2D eigenvalue weighted by Gasteiger charge is 2.34. The number of hydrogen-bond acceptors (Lipinski definition) is 4. The Labute approximate surface area is 159 Å². The lowest BCUT2D eigenvalue weighted by Crippen LogP contribution is -2.45. The van der Waals surface area contributed by atoms with Crippen LogP contribution in [0.3, 0.4) is 0 Å². The minimum absolute atomic E-state index is 0.0411. The van der Waals surface area contributed by atoms with E-state index in [-0.39, 0.29) is 17.5 Å². The Kier molecular flexibility index (Phi) is 6.57. The van der Waals surface area contributed by atoms with Crippen LogP contribution in [-0.4, -0.2) is 41.9 Å². The van der Waals surface area contributed by atoms with E-state index >= 15 is 0 Å². The molecule has 0 aromatic heterocycles. The highest BCUT2D eigenvalue weighted by atomic mass is 19.1. The first-order valence-corrected chi connectivity index (χ1v) is 9.15. The van der Waals surface area contributed by atoms with Crippen LogP contribution < -0.4 is 5.32 Å². The summed E-state index contributed by atoms with van der Waals surface area (Å²) >= 11 is 0. The number of ether oxygens (including phenoxy) is 1. The Hall–Kier alpha value is -2.44. The molecular formula is C20H27FN2O4. The largest absolute Gasteiger partial charge is 0.452 e. The van der Waals surface area contributed by atoms with Gasteiger partial charge in [0.15, 0.2) is 6.10 Å². The van der Waals surface area contributed by atoms with Crippen molar-refractivity contribution in [1.29, 1.82) is 0 Å². The Bertz CT molecular complexity index is 706. The quantitative estimate of drug-likeness (QED) is 0.818. The van der Waals surface area contributed by atoms with E-state index in [0.29, 0.717) is 25.9 Å². The first kappa shape index (κ1) is 20.9. The van der Waals surface area contributed by atoms with Crippen molar-refractivity contribution in [3.63, 3.8) is 0 Å². The summed E-state index contributed by atoms with van der Waals surface area (Å²) in [6.45, 7) is 8.03. The van der Waals surface area contributed by atoms with E-state index in [1.54, 1.807) is 11.0 Å². The summed E-state index contributed by atoms with van der Waals surface area (Å²) in [5.74, 6) is -1.90. The summed E-state index contributed by atoms with van der Waals surface area (Å²) in [6, 6.07) is 5.79. The number of benzene rings is 1. The molecule has 7 heteroatoms. The van der Waals surface area contributed by atoms with E-state index in [1.807, 2.05) is 20.8 Å².